The van der Waals surface area contributed by atoms with E-state index in [2.05, 4.69) is 10.3 Å². The van der Waals surface area contributed by atoms with Gasteiger partial charge in [-0.15, -0.1) is 0 Å². The Morgan fingerprint density at radius 3 is 2.69 bits per heavy atom. The summed E-state index contributed by atoms with van der Waals surface area (Å²) in [5, 5.41) is 13.0. The van der Waals surface area contributed by atoms with Crippen molar-refractivity contribution in [3.05, 3.63) is 58.7 Å². The van der Waals surface area contributed by atoms with Crippen LogP contribution in [0.4, 0.5) is 5.82 Å². The van der Waals surface area contributed by atoms with E-state index in [1.54, 1.807) is 11.0 Å². The van der Waals surface area contributed by atoms with Crippen LogP contribution >= 0.6 is 11.6 Å². The molecule has 2 N–H and O–H groups in total. The number of hydrogen-bond acceptors (Lipinski definition) is 5. The standard InChI is InChI=1S/C19H22ClN3O3/c20-16-12-15(19(25)23-7-10-26-11-8-23)13-21-18(16)22-17(6-9-24)14-4-2-1-3-5-14/h1-5,12-13,17,24H,6-11H2,(H,21,22)/t17-/m1/s1. The third-order valence-electron chi connectivity index (χ3n) is 4.32. The largest absolute Gasteiger partial charge is 0.396 e. The number of rotatable bonds is 6. The highest BCUT2D eigenvalue weighted by molar-refractivity contribution is 6.33. The number of aliphatic hydroxyl groups is 1. The molecule has 0 spiro atoms. The van der Waals surface area contributed by atoms with Crippen LogP contribution in [0.2, 0.25) is 5.02 Å². The molecule has 6 nitrogen and oxygen atoms in total. The number of carbonyl (C=O) groups excluding carboxylic acids is 1. The molecule has 3 rings (SSSR count). The monoisotopic (exact) mass is 375 g/mol. The number of benzene rings is 1. The minimum atomic E-state index is -0.119. The molecule has 0 radical (unpaired) electrons. The molecule has 2 aromatic rings. The summed E-state index contributed by atoms with van der Waals surface area (Å²) in [7, 11) is 0. The zero-order chi connectivity index (χ0) is 18.4. The van der Waals surface area contributed by atoms with Gasteiger partial charge in [-0.1, -0.05) is 41.9 Å². The van der Waals surface area contributed by atoms with Gasteiger partial charge in [0.15, 0.2) is 0 Å². The maximum atomic E-state index is 12.5. The van der Waals surface area contributed by atoms with Gasteiger partial charge in [0.2, 0.25) is 0 Å². The Balaban J connectivity index is 1.75. The molecule has 1 saturated heterocycles. The summed E-state index contributed by atoms with van der Waals surface area (Å²) in [6.07, 6.45) is 2.06. The van der Waals surface area contributed by atoms with E-state index in [9.17, 15) is 9.90 Å². The molecule has 1 aliphatic rings. The van der Waals surface area contributed by atoms with Gasteiger partial charge < -0.3 is 20.1 Å². The fourth-order valence-corrected chi connectivity index (χ4v) is 3.13. The summed E-state index contributed by atoms with van der Waals surface area (Å²) in [5.41, 5.74) is 1.49. The number of carbonyl (C=O) groups is 1. The van der Waals surface area contributed by atoms with Crippen LogP contribution in [0.3, 0.4) is 0 Å². The first-order valence-electron chi connectivity index (χ1n) is 8.64. The molecule has 1 atom stereocenters. The van der Waals surface area contributed by atoms with E-state index < -0.39 is 0 Å². The van der Waals surface area contributed by atoms with Gasteiger partial charge in [0, 0.05) is 25.9 Å². The molecule has 1 aromatic carbocycles. The van der Waals surface area contributed by atoms with Crippen LogP contribution in [-0.4, -0.2) is 53.8 Å². The van der Waals surface area contributed by atoms with Crippen molar-refractivity contribution in [2.45, 2.75) is 12.5 Å². The van der Waals surface area contributed by atoms with Crippen LogP contribution in [0.25, 0.3) is 0 Å². The Labute approximate surface area is 157 Å². The van der Waals surface area contributed by atoms with Gasteiger partial charge in [-0.2, -0.15) is 0 Å². The number of hydrogen-bond donors (Lipinski definition) is 2. The van der Waals surface area contributed by atoms with E-state index in [0.29, 0.717) is 49.1 Å². The van der Waals surface area contributed by atoms with Crippen molar-refractivity contribution in [3.8, 4) is 0 Å². The normalized spacial score (nSPS) is 15.5. The number of pyridine rings is 1. The van der Waals surface area contributed by atoms with Crippen molar-refractivity contribution in [2.24, 2.45) is 0 Å². The van der Waals surface area contributed by atoms with Gasteiger partial charge in [-0.05, 0) is 18.1 Å². The second-order valence-electron chi connectivity index (χ2n) is 6.08. The van der Waals surface area contributed by atoms with Crippen LogP contribution in [0.1, 0.15) is 28.4 Å². The minimum absolute atomic E-state index is 0.0395. The topological polar surface area (TPSA) is 74.7 Å². The summed E-state index contributed by atoms with van der Waals surface area (Å²) in [6.45, 7) is 2.28. The SMILES string of the molecule is O=C(c1cnc(N[C@H](CCO)c2ccccc2)c(Cl)c1)N1CCOCC1. The van der Waals surface area contributed by atoms with Crippen LogP contribution in [0.15, 0.2) is 42.6 Å². The fourth-order valence-electron chi connectivity index (χ4n) is 2.91. The lowest BCUT2D eigenvalue weighted by atomic mass is 10.0. The Hall–Kier alpha value is -2.15. The van der Waals surface area contributed by atoms with Crippen LogP contribution in [-0.2, 0) is 4.74 Å². The van der Waals surface area contributed by atoms with Crippen molar-refractivity contribution in [1.82, 2.24) is 9.88 Å². The molecule has 0 unspecified atom stereocenters. The summed E-state index contributed by atoms with van der Waals surface area (Å²) >= 11 is 6.36. The molecular weight excluding hydrogens is 354 g/mol. The third kappa shape index (κ3) is 4.52. The van der Waals surface area contributed by atoms with Crippen molar-refractivity contribution in [1.29, 1.82) is 0 Å². The predicted molar refractivity (Wildman–Crippen MR) is 100 cm³/mol. The summed E-state index contributed by atoms with van der Waals surface area (Å²) in [6, 6.07) is 11.3. The number of anilines is 1. The van der Waals surface area contributed by atoms with E-state index >= 15 is 0 Å². The molecule has 138 valence electrons. The highest BCUT2D eigenvalue weighted by Gasteiger charge is 2.20. The van der Waals surface area contributed by atoms with Gasteiger partial charge in [-0.25, -0.2) is 4.98 Å². The van der Waals surface area contributed by atoms with Crippen molar-refractivity contribution in [2.75, 3.05) is 38.2 Å². The molecule has 0 saturated carbocycles. The quantitative estimate of drug-likeness (QED) is 0.812. The van der Waals surface area contributed by atoms with E-state index in [-0.39, 0.29) is 18.6 Å². The molecule has 7 heteroatoms. The highest BCUT2D eigenvalue weighted by atomic mass is 35.5. The second-order valence-corrected chi connectivity index (χ2v) is 6.49. The lowest BCUT2D eigenvalue weighted by molar-refractivity contribution is 0.0302. The number of halogens is 1. The lowest BCUT2D eigenvalue weighted by Crippen LogP contribution is -2.40. The van der Waals surface area contributed by atoms with Gasteiger partial charge >= 0.3 is 0 Å². The Morgan fingerprint density at radius 1 is 1.31 bits per heavy atom. The predicted octanol–water partition coefficient (Wildman–Crippen LogP) is 2.74. The zero-order valence-corrected chi connectivity index (χ0v) is 15.2. The lowest BCUT2D eigenvalue weighted by Gasteiger charge is -2.27. The maximum absolute atomic E-state index is 12.5. The summed E-state index contributed by atoms with van der Waals surface area (Å²) in [4.78, 5) is 18.6. The van der Waals surface area contributed by atoms with E-state index in [4.69, 9.17) is 16.3 Å². The minimum Gasteiger partial charge on any atom is -0.396 e. The molecule has 1 amide bonds. The molecule has 26 heavy (non-hydrogen) atoms. The molecule has 1 aromatic heterocycles. The van der Waals surface area contributed by atoms with Crippen molar-refractivity contribution >= 4 is 23.3 Å². The summed E-state index contributed by atoms with van der Waals surface area (Å²) in [5.74, 6) is 0.400. The van der Waals surface area contributed by atoms with Crippen molar-refractivity contribution < 1.29 is 14.6 Å². The Bertz CT molecular complexity index is 736. The number of nitrogens with one attached hydrogen (secondary N) is 1. The first-order chi connectivity index (χ1) is 12.7. The zero-order valence-electron chi connectivity index (χ0n) is 14.4. The number of morpholine rings is 1. The van der Waals surface area contributed by atoms with Gasteiger partial charge in [0.1, 0.15) is 5.82 Å². The number of aromatic nitrogens is 1. The van der Waals surface area contributed by atoms with Crippen LogP contribution in [0, 0.1) is 0 Å². The van der Waals surface area contributed by atoms with Gasteiger partial charge in [-0.3, -0.25) is 4.79 Å². The number of ether oxygens (including phenoxy) is 1. The molecule has 0 aliphatic carbocycles. The highest BCUT2D eigenvalue weighted by Crippen LogP contribution is 2.27. The van der Waals surface area contributed by atoms with Gasteiger partial charge in [0.05, 0.1) is 29.8 Å². The maximum Gasteiger partial charge on any atom is 0.255 e. The first kappa shape index (κ1) is 18.6. The van der Waals surface area contributed by atoms with Gasteiger partial charge in [0.25, 0.3) is 5.91 Å². The number of nitrogens with zero attached hydrogens (tertiary/aromatic N) is 2. The van der Waals surface area contributed by atoms with Crippen LogP contribution in [0.5, 0.6) is 0 Å². The number of amides is 1. The van der Waals surface area contributed by atoms with Crippen LogP contribution < -0.4 is 5.32 Å². The number of aliphatic hydroxyl groups excluding tert-OH is 1. The van der Waals surface area contributed by atoms with Crippen molar-refractivity contribution in [3.63, 3.8) is 0 Å². The molecule has 2 heterocycles. The van der Waals surface area contributed by atoms with E-state index in [0.717, 1.165) is 5.56 Å². The molecular formula is C19H22ClN3O3. The third-order valence-corrected chi connectivity index (χ3v) is 4.61. The first-order valence-corrected chi connectivity index (χ1v) is 9.01. The fraction of sp³-hybridized carbons (Fsp3) is 0.368. The Kier molecular flexibility index (Phi) is 6.44. The second kappa shape index (κ2) is 8.98. The van der Waals surface area contributed by atoms with E-state index in [1.165, 1.54) is 6.20 Å². The average molecular weight is 376 g/mol. The molecule has 1 aliphatic heterocycles. The Morgan fingerprint density at radius 2 is 2.04 bits per heavy atom. The van der Waals surface area contributed by atoms with E-state index in [1.807, 2.05) is 30.3 Å². The summed E-state index contributed by atoms with van der Waals surface area (Å²) < 4.78 is 5.27. The molecule has 1 fully saturated rings. The molecule has 0 bridgehead atoms. The average Bonchev–Trinajstić information content (AvgIpc) is 2.69. The smallest absolute Gasteiger partial charge is 0.255 e.